The van der Waals surface area contributed by atoms with Crippen molar-refractivity contribution in [2.75, 3.05) is 45.9 Å². The highest BCUT2D eigenvalue weighted by molar-refractivity contribution is 7.91. The molecule has 14 nitrogen and oxygen atoms in total. The van der Waals surface area contributed by atoms with Crippen molar-refractivity contribution in [1.82, 2.24) is 24.8 Å². The molecule has 1 aromatic heterocycles. The zero-order valence-electron chi connectivity index (χ0n) is 38.2. The Balaban J connectivity index is 1.04. The summed E-state index contributed by atoms with van der Waals surface area (Å²) < 4.78 is 47.6. The molecule has 4 saturated carbocycles. The SMILES string of the molecule is C=C[C@@H]1CC1(CC(=O)[C@@H]1C[C@@H]2CN1C(=O)[C@H](C1CCCCC1)CC(=O)O[C@@H]1C[C@H]1CCCCCc1c(nc3ccccc3c1OCCCN1CCNCC1)O2)C(=O)NS(=O)(=O)C1(C)CC1. The number of pyridine rings is 1. The molecular weight excluding hydrogens is 847 g/mol. The van der Waals surface area contributed by atoms with Crippen LogP contribution >= 0.6 is 0 Å². The number of para-hydroxylation sites is 1. The number of carbonyl (C=O) groups is 4. The maximum absolute atomic E-state index is 15.2. The molecule has 0 spiro atoms. The molecule has 15 heteroatoms. The molecule has 0 radical (unpaired) electrons. The van der Waals surface area contributed by atoms with Gasteiger partial charge in [-0.25, -0.2) is 13.4 Å². The molecule has 7 aliphatic rings. The molecular formula is C50H69N5O9S. The lowest BCUT2D eigenvalue weighted by Gasteiger charge is -2.34. The van der Waals surface area contributed by atoms with Crippen LogP contribution in [-0.4, -0.2) is 116 Å². The molecule has 9 rings (SSSR count). The van der Waals surface area contributed by atoms with Crippen LogP contribution in [0.5, 0.6) is 11.6 Å². The number of amides is 2. The molecule has 2 saturated heterocycles. The van der Waals surface area contributed by atoms with Gasteiger partial charge in [-0.3, -0.25) is 23.9 Å². The number of esters is 1. The second-order valence-corrected chi connectivity index (χ2v) is 22.8. The monoisotopic (exact) mass is 915 g/mol. The van der Waals surface area contributed by atoms with E-state index in [1.54, 1.807) is 17.9 Å². The van der Waals surface area contributed by atoms with Crippen molar-refractivity contribution in [1.29, 1.82) is 0 Å². The van der Waals surface area contributed by atoms with Crippen molar-refractivity contribution in [2.24, 2.45) is 29.1 Å². The number of benzene rings is 1. The van der Waals surface area contributed by atoms with E-state index in [-0.39, 0.29) is 61.9 Å². The average Bonchev–Trinajstić information content (AvgIpc) is 4.27. The molecule has 2 N–H and O–H groups in total. The van der Waals surface area contributed by atoms with E-state index in [1.807, 2.05) is 24.3 Å². The number of rotatable bonds is 13. The molecule has 3 aliphatic heterocycles. The van der Waals surface area contributed by atoms with Gasteiger partial charge in [-0.2, -0.15) is 0 Å². The lowest BCUT2D eigenvalue weighted by atomic mass is 9.77. The predicted molar refractivity (Wildman–Crippen MR) is 246 cm³/mol. The van der Waals surface area contributed by atoms with Crippen LogP contribution in [0.15, 0.2) is 36.9 Å². The van der Waals surface area contributed by atoms with Gasteiger partial charge in [0.2, 0.25) is 27.7 Å². The summed E-state index contributed by atoms with van der Waals surface area (Å²) in [5, 5.41) is 4.33. The Morgan fingerprint density at radius 3 is 2.48 bits per heavy atom. The maximum Gasteiger partial charge on any atom is 0.306 e. The Hall–Kier alpha value is -4.08. The average molecular weight is 916 g/mol. The molecule has 2 aromatic rings. The third-order valence-electron chi connectivity index (χ3n) is 15.9. The number of ketones is 1. The molecule has 6 fully saturated rings. The number of nitrogens with zero attached hydrogens (tertiary/aromatic N) is 3. The number of fused-ring (bicyclic) bond motifs is 5. The molecule has 2 amide bonds. The molecule has 65 heavy (non-hydrogen) atoms. The second-order valence-electron chi connectivity index (χ2n) is 20.6. The number of hydrogen-bond acceptors (Lipinski definition) is 12. The summed E-state index contributed by atoms with van der Waals surface area (Å²) in [7, 11) is -3.96. The van der Waals surface area contributed by atoms with E-state index in [4.69, 9.17) is 19.2 Å². The first-order chi connectivity index (χ1) is 31.4. The quantitative estimate of drug-likeness (QED) is 0.136. The topological polar surface area (TPSA) is 174 Å². The highest BCUT2D eigenvalue weighted by atomic mass is 32.2. The molecule has 4 heterocycles. The zero-order chi connectivity index (χ0) is 45.3. The normalized spacial score (nSPS) is 31.0. The van der Waals surface area contributed by atoms with Crippen LogP contribution in [0.1, 0.15) is 122 Å². The summed E-state index contributed by atoms with van der Waals surface area (Å²) in [6.45, 7) is 11.1. The molecule has 2 bridgehead atoms. The lowest BCUT2D eigenvalue weighted by Crippen LogP contribution is -2.48. The van der Waals surface area contributed by atoms with Crippen LogP contribution in [-0.2, 0) is 40.4 Å². The molecule has 4 aliphatic carbocycles. The first-order valence-corrected chi connectivity index (χ1v) is 26.2. The van der Waals surface area contributed by atoms with E-state index in [9.17, 15) is 22.8 Å². The smallest absolute Gasteiger partial charge is 0.306 e. The van der Waals surface area contributed by atoms with E-state index in [1.165, 1.54) is 0 Å². The standard InChI is InChI=1S/C50H69N5O9S/c1-3-35-30-50(35,48(59)53-65(60,61)49(2)19-20-49)31-42(56)41-28-36-32-55(41)47(58)39(33-13-6-4-7-14-33)29-44(57)64-43-27-34(43)15-8-5-9-17-38-45(62-26-12-23-54-24-21-51-22-25-54)37-16-10-11-18-40(37)52-46(38)63-36/h3,10-11,16,18,33-36,39,41,43,51H,1,4-9,12-15,17,19-32H2,2H3,(H,53,59)/t34-,35-,36-,39+,41+,43-,50?/m1/s1. The van der Waals surface area contributed by atoms with Gasteiger partial charge in [-0.1, -0.05) is 50.3 Å². The van der Waals surface area contributed by atoms with Crippen LogP contribution in [0.25, 0.3) is 10.9 Å². The van der Waals surface area contributed by atoms with Gasteiger partial charge in [0.05, 0.1) is 52.8 Å². The van der Waals surface area contributed by atoms with E-state index in [0.29, 0.717) is 37.7 Å². The molecule has 1 unspecified atom stereocenters. The Morgan fingerprint density at radius 2 is 1.74 bits per heavy atom. The fourth-order valence-electron chi connectivity index (χ4n) is 11.2. The third kappa shape index (κ3) is 10.1. The first-order valence-electron chi connectivity index (χ1n) is 24.7. The van der Waals surface area contributed by atoms with Crippen molar-refractivity contribution >= 4 is 44.5 Å². The molecule has 1 aromatic carbocycles. The Labute approximate surface area is 384 Å². The van der Waals surface area contributed by atoms with Crippen LogP contribution in [0.2, 0.25) is 0 Å². The molecule has 7 atom stereocenters. The van der Waals surface area contributed by atoms with Gasteiger partial charge in [-0.15, -0.1) is 6.58 Å². The van der Waals surface area contributed by atoms with Crippen molar-refractivity contribution in [2.45, 2.75) is 145 Å². The summed E-state index contributed by atoms with van der Waals surface area (Å²) in [5.74, 6) is -1.28. The number of ether oxygens (including phenoxy) is 3. The Bertz CT molecular complexity index is 2240. The minimum atomic E-state index is -3.96. The number of allylic oxidation sites excluding steroid dienone is 1. The van der Waals surface area contributed by atoms with Crippen molar-refractivity contribution in [3.8, 4) is 11.6 Å². The van der Waals surface area contributed by atoms with Gasteiger partial charge in [0.25, 0.3) is 0 Å². The predicted octanol–water partition coefficient (Wildman–Crippen LogP) is 6.04. The van der Waals surface area contributed by atoms with Crippen molar-refractivity contribution in [3.63, 3.8) is 0 Å². The van der Waals surface area contributed by atoms with Crippen LogP contribution in [0.4, 0.5) is 0 Å². The summed E-state index contributed by atoms with van der Waals surface area (Å²) in [5.41, 5.74) is 0.312. The highest BCUT2D eigenvalue weighted by Crippen LogP contribution is 2.57. The van der Waals surface area contributed by atoms with E-state index in [0.717, 1.165) is 126 Å². The number of carbonyl (C=O) groups excluding carboxylic acids is 4. The van der Waals surface area contributed by atoms with Gasteiger partial charge < -0.3 is 29.3 Å². The Morgan fingerprint density at radius 1 is 1.00 bits per heavy atom. The number of hydrogen-bond donors (Lipinski definition) is 2. The highest BCUT2D eigenvalue weighted by Gasteiger charge is 2.62. The fourth-order valence-corrected chi connectivity index (χ4v) is 12.6. The fraction of sp³-hybridized carbons (Fsp3) is 0.700. The van der Waals surface area contributed by atoms with Gasteiger partial charge >= 0.3 is 5.97 Å². The first kappa shape index (κ1) is 46.0. The van der Waals surface area contributed by atoms with Crippen molar-refractivity contribution < 1.29 is 41.8 Å². The third-order valence-corrected chi connectivity index (χ3v) is 18.1. The lowest BCUT2D eigenvalue weighted by molar-refractivity contribution is -0.153. The van der Waals surface area contributed by atoms with E-state index in [2.05, 4.69) is 21.5 Å². The number of sulfonamides is 1. The minimum absolute atomic E-state index is 0.0418. The summed E-state index contributed by atoms with van der Waals surface area (Å²) >= 11 is 0. The summed E-state index contributed by atoms with van der Waals surface area (Å²) in [6, 6.07) is 6.97. The van der Waals surface area contributed by atoms with E-state index < -0.39 is 50.1 Å². The largest absolute Gasteiger partial charge is 0.492 e. The van der Waals surface area contributed by atoms with Gasteiger partial charge in [0.1, 0.15) is 18.0 Å². The van der Waals surface area contributed by atoms with Crippen molar-refractivity contribution in [3.05, 3.63) is 42.5 Å². The maximum atomic E-state index is 15.2. The number of aromatic nitrogens is 1. The summed E-state index contributed by atoms with van der Waals surface area (Å²) in [6.07, 6.45) is 12.7. The second kappa shape index (κ2) is 19.3. The van der Waals surface area contributed by atoms with E-state index >= 15 is 4.79 Å². The molecule has 354 valence electrons. The van der Waals surface area contributed by atoms with Gasteiger partial charge in [-0.05, 0) is 101 Å². The van der Waals surface area contributed by atoms with Gasteiger partial charge in [0, 0.05) is 51.0 Å². The minimum Gasteiger partial charge on any atom is -0.492 e. The van der Waals surface area contributed by atoms with Gasteiger partial charge in [0.15, 0.2) is 5.78 Å². The number of piperazine rings is 1. The van der Waals surface area contributed by atoms with Crippen LogP contribution < -0.4 is 19.5 Å². The van der Waals surface area contributed by atoms with Crippen LogP contribution in [0.3, 0.4) is 0 Å². The van der Waals surface area contributed by atoms with Crippen LogP contribution in [0, 0.1) is 29.1 Å². The summed E-state index contributed by atoms with van der Waals surface area (Å²) in [4.78, 5) is 67.0. The zero-order valence-corrected chi connectivity index (χ0v) is 39.1. The Kier molecular flexibility index (Phi) is 13.6. The number of Topliss-reactive ketones (excluding diaryl/α,β-unsaturated/α-hetero) is 1. The number of nitrogens with one attached hydrogen (secondary N) is 2.